The molecule has 0 unspecified atom stereocenters. The minimum atomic E-state index is -4.87. The molecule has 2 aromatic carbocycles. The molecule has 2 saturated heterocycles. The van der Waals surface area contributed by atoms with Crippen molar-refractivity contribution >= 4 is 63.7 Å². The SMILES string of the molecule is Cc1ncsc1-c1ccc([C@H](C)NC(=O)[C@@H]2C[C@@H](O)CN2C(=O)[C@@H](NC(=O)COCCCOCCCCOc2ccc(N3C(=S)N(c4cnc(C#N)c(C(F)(F)F)c4)C(=O)C3(C)C)cc2)C(C)(C)C)cc1. The molecule has 16 nitrogen and oxygen atoms in total. The molecule has 4 aromatic rings. The lowest BCUT2D eigenvalue weighted by Gasteiger charge is -2.35. The molecule has 3 N–H and O–H groups in total. The Labute approximate surface area is 420 Å². The lowest BCUT2D eigenvalue weighted by Crippen LogP contribution is -2.58. The van der Waals surface area contributed by atoms with Crippen molar-refractivity contribution in [3.8, 4) is 22.3 Å². The molecule has 6 rings (SSSR count). The van der Waals surface area contributed by atoms with Gasteiger partial charge in [-0.1, -0.05) is 45.0 Å². The Morgan fingerprint density at radius 2 is 1.63 bits per heavy atom. The first-order chi connectivity index (χ1) is 33.5. The zero-order valence-electron chi connectivity index (χ0n) is 40.7. The summed E-state index contributed by atoms with van der Waals surface area (Å²) in [5.74, 6) is -1.36. The molecule has 4 heterocycles. The number of aromatic nitrogens is 2. The maximum Gasteiger partial charge on any atom is 0.419 e. The summed E-state index contributed by atoms with van der Waals surface area (Å²) in [6.45, 7) is 13.6. The lowest BCUT2D eigenvalue weighted by molar-refractivity contribution is -0.144. The van der Waals surface area contributed by atoms with E-state index in [0.717, 1.165) is 32.8 Å². The van der Waals surface area contributed by atoms with Gasteiger partial charge in [0.15, 0.2) is 10.8 Å². The van der Waals surface area contributed by atoms with Crippen LogP contribution in [0.5, 0.6) is 5.75 Å². The number of alkyl halides is 3. The Kier molecular flexibility index (Phi) is 17.6. The molecule has 71 heavy (non-hydrogen) atoms. The van der Waals surface area contributed by atoms with Gasteiger partial charge in [0.25, 0.3) is 5.91 Å². The van der Waals surface area contributed by atoms with E-state index in [1.165, 1.54) is 11.0 Å². The van der Waals surface area contributed by atoms with E-state index in [0.29, 0.717) is 56.6 Å². The number of amides is 4. The maximum atomic E-state index is 14.0. The van der Waals surface area contributed by atoms with Gasteiger partial charge in [-0.2, -0.15) is 18.4 Å². The zero-order chi connectivity index (χ0) is 51.8. The fourth-order valence-electron chi connectivity index (χ4n) is 8.27. The van der Waals surface area contributed by atoms with Crippen LogP contribution in [0.15, 0.2) is 66.3 Å². The molecule has 0 saturated carbocycles. The molecule has 2 aromatic heterocycles. The van der Waals surface area contributed by atoms with Crippen molar-refractivity contribution in [2.24, 2.45) is 5.41 Å². The van der Waals surface area contributed by atoms with Crippen molar-refractivity contribution in [1.82, 2.24) is 25.5 Å². The van der Waals surface area contributed by atoms with Crippen LogP contribution in [0.1, 0.15) is 95.8 Å². The zero-order valence-corrected chi connectivity index (χ0v) is 42.3. The minimum Gasteiger partial charge on any atom is -0.494 e. The highest BCUT2D eigenvalue weighted by molar-refractivity contribution is 7.81. The summed E-state index contributed by atoms with van der Waals surface area (Å²) in [5.41, 5.74) is 0.924. The normalized spacial score (nSPS) is 17.8. The Bertz CT molecular complexity index is 2600. The predicted molar refractivity (Wildman–Crippen MR) is 264 cm³/mol. The summed E-state index contributed by atoms with van der Waals surface area (Å²) in [4.78, 5) is 67.1. The summed E-state index contributed by atoms with van der Waals surface area (Å²) in [6.07, 6.45) is -2.77. The van der Waals surface area contributed by atoms with Crippen LogP contribution >= 0.6 is 23.6 Å². The number of hydrogen-bond donors (Lipinski definition) is 3. The maximum absolute atomic E-state index is 14.0. The number of halogens is 3. The number of aliphatic hydroxyl groups excluding tert-OH is 1. The number of carbonyl (C=O) groups excluding carboxylic acids is 4. The molecular formula is C50H59F3N8O8S2. The number of rotatable bonds is 20. The summed E-state index contributed by atoms with van der Waals surface area (Å²) in [6, 6.07) is 14.5. The molecule has 0 aliphatic carbocycles. The van der Waals surface area contributed by atoms with E-state index < -0.39 is 70.2 Å². The molecule has 4 atom stereocenters. The van der Waals surface area contributed by atoms with Gasteiger partial charge in [0, 0.05) is 38.5 Å². The molecule has 0 spiro atoms. The van der Waals surface area contributed by atoms with Crippen molar-refractivity contribution in [2.45, 2.75) is 110 Å². The van der Waals surface area contributed by atoms with Crippen molar-refractivity contribution in [2.75, 3.05) is 49.4 Å². The second kappa shape index (κ2) is 23.0. The molecule has 380 valence electrons. The van der Waals surface area contributed by atoms with Crippen LogP contribution in [-0.4, -0.2) is 112 Å². The lowest BCUT2D eigenvalue weighted by atomic mass is 9.85. The average Bonchev–Trinajstić information content (AvgIpc) is 3.98. The van der Waals surface area contributed by atoms with E-state index in [9.17, 15) is 37.5 Å². The number of nitriles is 1. The Morgan fingerprint density at radius 3 is 2.27 bits per heavy atom. The number of aryl methyl sites for hydroxylation is 1. The number of thiazole rings is 1. The van der Waals surface area contributed by atoms with E-state index in [2.05, 4.69) is 20.6 Å². The van der Waals surface area contributed by atoms with Gasteiger partial charge in [-0.25, -0.2) is 9.97 Å². The highest BCUT2D eigenvalue weighted by Crippen LogP contribution is 2.40. The predicted octanol–water partition coefficient (Wildman–Crippen LogP) is 7.27. The fourth-order valence-corrected chi connectivity index (χ4v) is 9.61. The van der Waals surface area contributed by atoms with Crippen molar-refractivity contribution < 1.29 is 51.7 Å². The van der Waals surface area contributed by atoms with E-state index in [1.807, 2.05) is 58.9 Å². The van der Waals surface area contributed by atoms with Crippen LogP contribution in [0.2, 0.25) is 0 Å². The standard InChI is InChI=1S/C50H59F3N8O8S2/c1-30(32-11-13-33(14-12-32)42-31(2)56-29-71-42)57-44(64)40-24-36(62)27-59(40)45(65)43(48(3,4)5)58-41(63)28-68-21-10-20-67-19-8-9-22-69-37-17-15-34(16-18-37)61-47(70)60(46(66)49(61,6)7)35-23-38(50(51,52)53)39(25-54)55-26-35/h11-18,23,26,29-30,36,40,43,62H,8-10,19-22,24,27-28H2,1-7H3,(H,57,64)(H,58,63)/t30-,36+,40-,43+/m0/s1. The molecule has 4 amide bonds. The Hall–Kier alpha value is -6.05. The number of aliphatic hydroxyl groups is 1. The quantitative estimate of drug-likeness (QED) is 0.0591. The minimum absolute atomic E-state index is 0.0417. The van der Waals surface area contributed by atoms with Crippen LogP contribution < -0.4 is 25.2 Å². The summed E-state index contributed by atoms with van der Waals surface area (Å²) in [7, 11) is 0. The van der Waals surface area contributed by atoms with Gasteiger partial charge in [0.1, 0.15) is 36.0 Å². The van der Waals surface area contributed by atoms with Gasteiger partial charge in [-0.3, -0.25) is 24.1 Å². The number of nitrogens with zero attached hydrogens (tertiary/aromatic N) is 6. The number of anilines is 2. The van der Waals surface area contributed by atoms with Gasteiger partial charge < -0.3 is 39.8 Å². The molecule has 0 bridgehead atoms. The van der Waals surface area contributed by atoms with Crippen LogP contribution in [0, 0.1) is 23.7 Å². The van der Waals surface area contributed by atoms with E-state index in [1.54, 1.807) is 59.9 Å². The third kappa shape index (κ3) is 13.1. The molecular weight excluding hydrogens is 962 g/mol. The fraction of sp³-hybridized carbons (Fsp3) is 0.480. The number of benzene rings is 2. The molecule has 2 aliphatic rings. The summed E-state index contributed by atoms with van der Waals surface area (Å²) < 4.78 is 58.2. The van der Waals surface area contributed by atoms with Crippen LogP contribution in [0.25, 0.3) is 10.4 Å². The van der Waals surface area contributed by atoms with Crippen LogP contribution in [-0.2, 0) is 34.8 Å². The highest BCUT2D eigenvalue weighted by Gasteiger charge is 2.51. The van der Waals surface area contributed by atoms with Crippen LogP contribution in [0.3, 0.4) is 0 Å². The smallest absolute Gasteiger partial charge is 0.419 e. The van der Waals surface area contributed by atoms with Gasteiger partial charge in [-0.05, 0) is 106 Å². The second-order valence-corrected chi connectivity index (χ2v) is 20.2. The Morgan fingerprint density at radius 1 is 0.972 bits per heavy atom. The first kappa shape index (κ1) is 54.3. The first-order valence-corrected chi connectivity index (χ1v) is 24.4. The number of likely N-dealkylation sites (tertiary alicyclic amines) is 1. The summed E-state index contributed by atoms with van der Waals surface area (Å²) >= 11 is 7.15. The number of hydrogen-bond acceptors (Lipinski definition) is 13. The number of carbonyl (C=O) groups is 4. The van der Waals surface area contributed by atoms with E-state index in [4.69, 9.17) is 31.7 Å². The number of nitrogens with one attached hydrogen (secondary N) is 2. The number of pyridine rings is 1. The average molecular weight is 1020 g/mol. The summed E-state index contributed by atoms with van der Waals surface area (Å²) in [5, 5.41) is 25.5. The van der Waals surface area contributed by atoms with Gasteiger partial charge in [0.2, 0.25) is 17.7 Å². The van der Waals surface area contributed by atoms with Crippen molar-refractivity contribution in [3.05, 3.63) is 88.8 Å². The van der Waals surface area contributed by atoms with E-state index in [-0.39, 0.29) is 43.0 Å². The van der Waals surface area contributed by atoms with Crippen LogP contribution in [0.4, 0.5) is 24.5 Å². The number of ether oxygens (including phenoxy) is 3. The Balaban J connectivity index is 0.875. The number of β-amino-alcohol motifs (C(OH)–C–C–N with tert-alkyl or cyclic N) is 1. The monoisotopic (exact) mass is 1020 g/mol. The molecule has 0 radical (unpaired) electrons. The van der Waals surface area contributed by atoms with Gasteiger partial charge in [-0.15, -0.1) is 11.3 Å². The highest BCUT2D eigenvalue weighted by atomic mass is 32.1. The van der Waals surface area contributed by atoms with Crippen molar-refractivity contribution in [3.63, 3.8) is 0 Å². The number of unbranched alkanes of at least 4 members (excludes halogenated alkanes) is 1. The first-order valence-electron chi connectivity index (χ1n) is 23.2. The largest absolute Gasteiger partial charge is 0.494 e. The molecule has 21 heteroatoms. The van der Waals surface area contributed by atoms with Gasteiger partial charge >= 0.3 is 6.18 Å². The topological polar surface area (TPSA) is 200 Å². The third-order valence-electron chi connectivity index (χ3n) is 12.1. The molecule has 2 aliphatic heterocycles. The van der Waals surface area contributed by atoms with Crippen molar-refractivity contribution in [1.29, 1.82) is 5.26 Å². The third-order valence-corrected chi connectivity index (χ3v) is 13.5. The van der Waals surface area contributed by atoms with Gasteiger partial charge in [0.05, 0.1) is 52.3 Å². The molecule has 2 fully saturated rings. The second-order valence-electron chi connectivity index (χ2n) is 19.0. The number of thiocarbonyl (C=S) groups is 1. The van der Waals surface area contributed by atoms with E-state index >= 15 is 0 Å².